The number of hydrogen-bond acceptors (Lipinski definition) is 7. The van der Waals surface area contributed by atoms with Crippen LogP contribution in [0.1, 0.15) is 32.0 Å². The van der Waals surface area contributed by atoms with Crippen molar-refractivity contribution in [3.8, 4) is 11.6 Å². The molecule has 1 atom stereocenters. The summed E-state index contributed by atoms with van der Waals surface area (Å²) in [5, 5.41) is 5.80. The van der Waals surface area contributed by atoms with Crippen LogP contribution in [-0.2, 0) is 10.3 Å². The summed E-state index contributed by atoms with van der Waals surface area (Å²) in [4.78, 5) is 8.44. The zero-order valence-electron chi connectivity index (χ0n) is 10.7. The van der Waals surface area contributed by atoms with Crippen LogP contribution in [0.3, 0.4) is 0 Å². The molecule has 0 aliphatic heterocycles. The van der Waals surface area contributed by atoms with Crippen molar-refractivity contribution in [2.45, 2.75) is 37.8 Å². The van der Waals surface area contributed by atoms with Crippen LogP contribution in [0.2, 0.25) is 0 Å². The van der Waals surface area contributed by atoms with Gasteiger partial charge in [-0.3, -0.25) is 0 Å². The molecule has 19 heavy (non-hydrogen) atoms. The van der Waals surface area contributed by atoms with Crippen LogP contribution in [0, 0.1) is 0 Å². The smallest absolute Gasteiger partial charge is 0.277 e. The number of thiazole rings is 1. The van der Waals surface area contributed by atoms with Gasteiger partial charge in [-0.25, -0.2) is 4.98 Å². The Balaban J connectivity index is 1.69. The molecule has 7 heteroatoms. The number of nitrogens with two attached hydrogens (primary N) is 1. The summed E-state index contributed by atoms with van der Waals surface area (Å²) in [5.41, 5.74) is 7.86. The van der Waals surface area contributed by atoms with Gasteiger partial charge in [0.2, 0.25) is 0 Å². The monoisotopic (exact) mass is 280 g/mol. The second-order valence-electron chi connectivity index (χ2n) is 5.08. The van der Waals surface area contributed by atoms with Gasteiger partial charge in [-0.15, -0.1) is 11.3 Å². The third-order valence-corrected chi connectivity index (χ3v) is 3.85. The standard InChI is InChI=1S/C12H16N4O2S/c1-12(13,6-17-8-3-2-4-8)11-15-10(18-16-11)9-5-19-7-14-9/h5,7-8H,2-4,6,13H2,1H3. The number of hydrogen-bond donors (Lipinski definition) is 1. The van der Waals surface area contributed by atoms with Gasteiger partial charge in [-0.05, 0) is 26.2 Å². The first kappa shape index (κ1) is 12.7. The highest BCUT2D eigenvalue weighted by atomic mass is 32.1. The van der Waals surface area contributed by atoms with Crippen molar-refractivity contribution in [3.63, 3.8) is 0 Å². The Kier molecular flexibility index (Phi) is 3.34. The van der Waals surface area contributed by atoms with E-state index in [-0.39, 0.29) is 0 Å². The van der Waals surface area contributed by atoms with Crippen LogP contribution in [0.15, 0.2) is 15.4 Å². The molecule has 0 bridgehead atoms. The Labute approximate surface area is 115 Å². The van der Waals surface area contributed by atoms with E-state index in [0.717, 1.165) is 12.8 Å². The predicted molar refractivity (Wildman–Crippen MR) is 70.5 cm³/mol. The molecule has 0 aromatic carbocycles. The fraction of sp³-hybridized carbons (Fsp3) is 0.583. The lowest BCUT2D eigenvalue weighted by Gasteiger charge is -2.29. The molecule has 0 amide bonds. The summed E-state index contributed by atoms with van der Waals surface area (Å²) >= 11 is 1.48. The average Bonchev–Trinajstić information content (AvgIpc) is 2.98. The summed E-state index contributed by atoms with van der Waals surface area (Å²) < 4.78 is 10.9. The zero-order chi connectivity index (χ0) is 13.3. The molecule has 1 aliphatic rings. The van der Waals surface area contributed by atoms with Gasteiger partial charge in [0.05, 0.1) is 18.2 Å². The summed E-state index contributed by atoms with van der Waals surface area (Å²) in [6.07, 6.45) is 3.81. The van der Waals surface area contributed by atoms with E-state index in [0.29, 0.717) is 30.1 Å². The molecule has 1 unspecified atom stereocenters. The van der Waals surface area contributed by atoms with Gasteiger partial charge in [0.15, 0.2) is 5.82 Å². The molecule has 0 saturated heterocycles. The Hall–Kier alpha value is -1.31. The van der Waals surface area contributed by atoms with Crippen LogP contribution >= 0.6 is 11.3 Å². The molecular formula is C12H16N4O2S. The third-order valence-electron chi connectivity index (χ3n) is 3.26. The minimum absolute atomic E-state index is 0.341. The largest absolute Gasteiger partial charge is 0.376 e. The Morgan fingerprint density at radius 3 is 3.05 bits per heavy atom. The number of nitrogens with zero attached hydrogens (tertiary/aromatic N) is 3. The Bertz CT molecular complexity index is 534. The molecule has 2 heterocycles. The summed E-state index contributed by atoms with van der Waals surface area (Å²) in [7, 11) is 0. The van der Waals surface area contributed by atoms with E-state index in [1.165, 1.54) is 17.8 Å². The van der Waals surface area contributed by atoms with E-state index >= 15 is 0 Å². The van der Waals surface area contributed by atoms with Crippen LogP contribution < -0.4 is 5.73 Å². The second-order valence-corrected chi connectivity index (χ2v) is 5.80. The van der Waals surface area contributed by atoms with Crippen molar-refractivity contribution in [3.05, 3.63) is 16.7 Å². The highest BCUT2D eigenvalue weighted by Crippen LogP contribution is 2.25. The predicted octanol–water partition coefficient (Wildman–Crippen LogP) is 1.94. The van der Waals surface area contributed by atoms with Crippen LogP contribution in [0.5, 0.6) is 0 Å². The van der Waals surface area contributed by atoms with E-state index in [9.17, 15) is 0 Å². The van der Waals surface area contributed by atoms with Crippen molar-refractivity contribution in [1.82, 2.24) is 15.1 Å². The normalized spacial score (nSPS) is 19.1. The zero-order valence-corrected chi connectivity index (χ0v) is 11.5. The SMILES string of the molecule is CC(N)(COC1CCC1)c1noc(-c2cscn2)n1. The molecule has 6 nitrogen and oxygen atoms in total. The van der Waals surface area contributed by atoms with Gasteiger partial charge in [0, 0.05) is 5.38 Å². The molecule has 2 aromatic rings. The Morgan fingerprint density at radius 1 is 1.58 bits per heavy atom. The highest BCUT2D eigenvalue weighted by Gasteiger charge is 2.30. The molecule has 102 valence electrons. The summed E-state index contributed by atoms with van der Waals surface area (Å²) in [6.45, 7) is 2.25. The minimum Gasteiger partial charge on any atom is -0.376 e. The van der Waals surface area contributed by atoms with Crippen LogP contribution in [0.25, 0.3) is 11.6 Å². The molecule has 2 N–H and O–H groups in total. The lowest BCUT2D eigenvalue weighted by Crippen LogP contribution is -2.41. The van der Waals surface area contributed by atoms with Crippen molar-refractivity contribution in [2.75, 3.05) is 6.61 Å². The second kappa shape index (κ2) is 4.99. The molecule has 0 radical (unpaired) electrons. The van der Waals surface area contributed by atoms with Crippen LogP contribution in [0.4, 0.5) is 0 Å². The lowest BCUT2D eigenvalue weighted by atomic mass is 9.95. The number of ether oxygens (including phenoxy) is 1. The molecule has 3 rings (SSSR count). The van der Waals surface area contributed by atoms with Crippen molar-refractivity contribution in [2.24, 2.45) is 5.73 Å². The fourth-order valence-electron chi connectivity index (χ4n) is 1.77. The maximum atomic E-state index is 6.20. The molecule has 1 saturated carbocycles. The molecule has 0 spiro atoms. The van der Waals surface area contributed by atoms with E-state index in [4.69, 9.17) is 15.0 Å². The van der Waals surface area contributed by atoms with Crippen molar-refractivity contribution >= 4 is 11.3 Å². The molecular weight excluding hydrogens is 264 g/mol. The van der Waals surface area contributed by atoms with Crippen molar-refractivity contribution < 1.29 is 9.26 Å². The number of rotatable bonds is 5. The molecule has 2 aromatic heterocycles. The van der Waals surface area contributed by atoms with E-state index in [2.05, 4.69) is 15.1 Å². The van der Waals surface area contributed by atoms with Gasteiger partial charge in [0.1, 0.15) is 11.2 Å². The summed E-state index contributed by atoms with van der Waals surface area (Å²) in [5.74, 6) is 0.853. The van der Waals surface area contributed by atoms with Gasteiger partial charge in [0.25, 0.3) is 5.89 Å². The third kappa shape index (κ3) is 2.68. The highest BCUT2D eigenvalue weighted by molar-refractivity contribution is 7.07. The summed E-state index contributed by atoms with van der Waals surface area (Å²) in [6, 6.07) is 0. The first-order valence-corrected chi connectivity index (χ1v) is 7.23. The first-order valence-electron chi connectivity index (χ1n) is 6.28. The maximum absolute atomic E-state index is 6.20. The van der Waals surface area contributed by atoms with E-state index in [1.54, 1.807) is 5.51 Å². The molecule has 1 aliphatic carbocycles. The minimum atomic E-state index is -0.743. The Morgan fingerprint density at radius 2 is 2.42 bits per heavy atom. The fourth-order valence-corrected chi connectivity index (χ4v) is 2.30. The quantitative estimate of drug-likeness (QED) is 0.900. The van der Waals surface area contributed by atoms with Gasteiger partial charge in [-0.2, -0.15) is 4.98 Å². The topological polar surface area (TPSA) is 87.1 Å². The number of aromatic nitrogens is 3. The van der Waals surface area contributed by atoms with Gasteiger partial charge < -0.3 is 15.0 Å². The van der Waals surface area contributed by atoms with E-state index < -0.39 is 5.54 Å². The average molecular weight is 280 g/mol. The van der Waals surface area contributed by atoms with Gasteiger partial charge in [-0.1, -0.05) is 5.16 Å². The maximum Gasteiger partial charge on any atom is 0.277 e. The van der Waals surface area contributed by atoms with E-state index in [1.807, 2.05) is 12.3 Å². The van der Waals surface area contributed by atoms with Gasteiger partial charge >= 0.3 is 0 Å². The lowest BCUT2D eigenvalue weighted by molar-refractivity contribution is -0.0222. The first-order chi connectivity index (χ1) is 9.15. The van der Waals surface area contributed by atoms with Crippen LogP contribution in [-0.4, -0.2) is 27.8 Å². The molecule has 1 fully saturated rings. The van der Waals surface area contributed by atoms with Crippen molar-refractivity contribution in [1.29, 1.82) is 0 Å².